The van der Waals surface area contributed by atoms with E-state index in [-0.39, 0.29) is 12.5 Å². The zero-order valence-electron chi connectivity index (χ0n) is 10.4. The van der Waals surface area contributed by atoms with E-state index in [0.717, 1.165) is 5.56 Å². The lowest BCUT2D eigenvalue weighted by Crippen LogP contribution is -2.35. The summed E-state index contributed by atoms with van der Waals surface area (Å²) in [5.74, 6) is -1.34. The van der Waals surface area contributed by atoms with Crippen LogP contribution in [0.4, 0.5) is 5.69 Å². The number of nitrogens with zero attached hydrogens (tertiary/aromatic N) is 1. The van der Waals surface area contributed by atoms with Crippen molar-refractivity contribution >= 4 is 28.9 Å². The average Bonchev–Trinajstić information content (AvgIpc) is 2.90. The van der Waals surface area contributed by atoms with Crippen LogP contribution in [0.1, 0.15) is 15.9 Å². The van der Waals surface area contributed by atoms with E-state index in [0.29, 0.717) is 11.3 Å². The van der Waals surface area contributed by atoms with Gasteiger partial charge < -0.3 is 5.11 Å². The van der Waals surface area contributed by atoms with Gasteiger partial charge in [0.1, 0.15) is 6.54 Å². The molecule has 1 heterocycles. The van der Waals surface area contributed by atoms with Crippen molar-refractivity contribution in [3.63, 3.8) is 0 Å². The number of carboxylic acid groups (broad SMARTS) is 1. The second kappa shape index (κ2) is 5.67. The van der Waals surface area contributed by atoms with E-state index in [4.69, 9.17) is 5.11 Å². The van der Waals surface area contributed by atoms with Crippen LogP contribution in [0.25, 0.3) is 0 Å². The van der Waals surface area contributed by atoms with Crippen molar-refractivity contribution in [1.29, 1.82) is 0 Å². The molecule has 98 valence electrons. The van der Waals surface area contributed by atoms with Gasteiger partial charge in [-0.3, -0.25) is 14.5 Å². The minimum absolute atomic E-state index is 0.299. The molecule has 5 heteroatoms. The first-order valence-electron chi connectivity index (χ1n) is 5.70. The van der Waals surface area contributed by atoms with E-state index in [1.165, 1.54) is 16.2 Å². The van der Waals surface area contributed by atoms with Crippen LogP contribution in [0, 0.1) is 6.92 Å². The number of hydrogen-bond donors (Lipinski definition) is 1. The number of rotatable bonds is 4. The topological polar surface area (TPSA) is 57.6 Å². The Kier molecular flexibility index (Phi) is 3.97. The van der Waals surface area contributed by atoms with Gasteiger partial charge in [-0.25, -0.2) is 0 Å². The van der Waals surface area contributed by atoms with Crippen molar-refractivity contribution in [1.82, 2.24) is 0 Å². The van der Waals surface area contributed by atoms with Crippen LogP contribution < -0.4 is 4.90 Å². The van der Waals surface area contributed by atoms with Crippen LogP contribution in [0.2, 0.25) is 0 Å². The zero-order chi connectivity index (χ0) is 13.8. The second-order valence-corrected chi connectivity index (χ2v) is 4.91. The average molecular weight is 275 g/mol. The van der Waals surface area contributed by atoms with Gasteiger partial charge in [0.25, 0.3) is 5.91 Å². The van der Waals surface area contributed by atoms with E-state index in [9.17, 15) is 9.59 Å². The molecule has 0 radical (unpaired) electrons. The van der Waals surface area contributed by atoms with Gasteiger partial charge in [-0.05, 0) is 30.5 Å². The van der Waals surface area contributed by atoms with Gasteiger partial charge in [-0.1, -0.05) is 17.7 Å². The van der Waals surface area contributed by atoms with Crippen LogP contribution in [0.3, 0.4) is 0 Å². The van der Waals surface area contributed by atoms with Crippen molar-refractivity contribution < 1.29 is 14.7 Å². The number of benzene rings is 1. The molecule has 1 aromatic carbocycles. The first-order valence-corrected chi connectivity index (χ1v) is 6.65. The predicted octanol–water partition coefficient (Wildman–Crippen LogP) is 2.79. The van der Waals surface area contributed by atoms with Crippen molar-refractivity contribution in [2.75, 3.05) is 11.4 Å². The number of aryl methyl sites for hydroxylation is 1. The molecule has 0 aliphatic rings. The second-order valence-electron chi connectivity index (χ2n) is 4.13. The lowest BCUT2D eigenvalue weighted by molar-refractivity contribution is -0.135. The summed E-state index contributed by atoms with van der Waals surface area (Å²) in [6.07, 6.45) is 0. The maximum Gasteiger partial charge on any atom is 0.323 e. The first-order chi connectivity index (χ1) is 9.08. The van der Waals surface area contributed by atoms with E-state index >= 15 is 0 Å². The molecule has 0 atom stereocenters. The Bertz CT molecular complexity index is 575. The van der Waals surface area contributed by atoms with Crippen LogP contribution in [0.5, 0.6) is 0 Å². The summed E-state index contributed by atoms with van der Waals surface area (Å²) < 4.78 is 0. The molecule has 4 nitrogen and oxygen atoms in total. The minimum Gasteiger partial charge on any atom is -0.480 e. The van der Waals surface area contributed by atoms with E-state index < -0.39 is 5.97 Å². The standard InChI is InChI=1S/C14H13NO3S/c1-10-2-4-12(5-3-10)15(8-13(16)17)14(18)11-6-7-19-9-11/h2-7,9H,8H2,1H3,(H,16,17). The monoisotopic (exact) mass is 275 g/mol. The molecule has 0 saturated carbocycles. The molecule has 2 rings (SSSR count). The van der Waals surface area contributed by atoms with Crippen LogP contribution >= 0.6 is 11.3 Å². The van der Waals surface area contributed by atoms with Crippen LogP contribution in [-0.4, -0.2) is 23.5 Å². The summed E-state index contributed by atoms with van der Waals surface area (Å²) in [5, 5.41) is 12.5. The first kappa shape index (κ1) is 13.3. The highest BCUT2D eigenvalue weighted by Gasteiger charge is 2.20. The highest BCUT2D eigenvalue weighted by Crippen LogP contribution is 2.19. The summed E-state index contributed by atoms with van der Waals surface area (Å²) in [4.78, 5) is 24.5. The normalized spacial score (nSPS) is 10.2. The molecule has 1 amide bonds. The van der Waals surface area contributed by atoms with Gasteiger partial charge in [0, 0.05) is 11.1 Å². The summed E-state index contributed by atoms with van der Waals surface area (Å²) >= 11 is 1.41. The third-order valence-electron chi connectivity index (χ3n) is 2.65. The third-order valence-corrected chi connectivity index (χ3v) is 3.34. The van der Waals surface area contributed by atoms with Crippen LogP contribution in [-0.2, 0) is 4.79 Å². The number of carbonyl (C=O) groups is 2. The van der Waals surface area contributed by atoms with Gasteiger partial charge in [0.15, 0.2) is 0 Å². The molecule has 0 unspecified atom stereocenters. The van der Waals surface area contributed by atoms with Gasteiger partial charge in [-0.2, -0.15) is 11.3 Å². The number of carboxylic acids is 1. The molecule has 0 aliphatic heterocycles. The minimum atomic E-state index is -1.04. The highest BCUT2D eigenvalue weighted by molar-refractivity contribution is 7.08. The lowest BCUT2D eigenvalue weighted by Gasteiger charge is -2.20. The van der Waals surface area contributed by atoms with Gasteiger partial charge >= 0.3 is 5.97 Å². The van der Waals surface area contributed by atoms with Crippen LogP contribution in [0.15, 0.2) is 41.1 Å². The smallest absolute Gasteiger partial charge is 0.323 e. The number of anilines is 1. The molecule has 1 N–H and O–H groups in total. The third kappa shape index (κ3) is 3.20. The molecule has 0 spiro atoms. The molecular weight excluding hydrogens is 262 g/mol. The predicted molar refractivity (Wildman–Crippen MR) is 74.8 cm³/mol. The Balaban J connectivity index is 2.33. The summed E-state index contributed by atoms with van der Waals surface area (Å²) in [6, 6.07) is 8.90. The lowest BCUT2D eigenvalue weighted by atomic mass is 10.2. The molecule has 0 fully saturated rings. The summed E-state index contributed by atoms with van der Waals surface area (Å²) in [7, 11) is 0. The van der Waals surface area contributed by atoms with Crippen molar-refractivity contribution in [2.24, 2.45) is 0 Å². The fourth-order valence-corrected chi connectivity index (χ4v) is 2.31. The maximum atomic E-state index is 12.3. The summed E-state index contributed by atoms with van der Waals surface area (Å²) in [5.41, 5.74) is 2.15. The van der Waals surface area contributed by atoms with Crippen molar-refractivity contribution in [3.05, 3.63) is 52.2 Å². The van der Waals surface area contributed by atoms with Crippen molar-refractivity contribution in [2.45, 2.75) is 6.92 Å². The molecule has 1 aromatic heterocycles. The molecule has 19 heavy (non-hydrogen) atoms. The maximum absolute atomic E-state index is 12.3. The SMILES string of the molecule is Cc1ccc(N(CC(=O)O)C(=O)c2ccsc2)cc1. The summed E-state index contributed by atoms with van der Waals surface area (Å²) in [6.45, 7) is 1.59. The Hall–Kier alpha value is -2.14. The number of amides is 1. The molecular formula is C14H13NO3S. The Morgan fingerprint density at radius 3 is 2.42 bits per heavy atom. The number of hydrogen-bond acceptors (Lipinski definition) is 3. The quantitative estimate of drug-likeness (QED) is 0.933. The number of thiophene rings is 1. The fourth-order valence-electron chi connectivity index (χ4n) is 1.68. The number of carbonyl (C=O) groups excluding carboxylic acids is 1. The largest absolute Gasteiger partial charge is 0.480 e. The number of aliphatic carboxylic acids is 1. The van der Waals surface area contributed by atoms with E-state index in [1.807, 2.05) is 19.1 Å². The molecule has 2 aromatic rings. The fraction of sp³-hybridized carbons (Fsp3) is 0.143. The van der Waals surface area contributed by atoms with E-state index in [2.05, 4.69) is 0 Å². The molecule has 0 bridgehead atoms. The Labute approximate surface area is 114 Å². The Morgan fingerprint density at radius 1 is 1.21 bits per heavy atom. The molecule has 0 aliphatic carbocycles. The zero-order valence-corrected chi connectivity index (χ0v) is 11.2. The van der Waals surface area contributed by atoms with Gasteiger partial charge in [-0.15, -0.1) is 0 Å². The van der Waals surface area contributed by atoms with E-state index in [1.54, 1.807) is 29.0 Å². The highest BCUT2D eigenvalue weighted by atomic mass is 32.1. The van der Waals surface area contributed by atoms with Crippen molar-refractivity contribution in [3.8, 4) is 0 Å². The van der Waals surface area contributed by atoms with Gasteiger partial charge in [0.2, 0.25) is 0 Å². The molecule has 0 saturated heterocycles. The van der Waals surface area contributed by atoms with Gasteiger partial charge in [0.05, 0.1) is 5.56 Å². The Morgan fingerprint density at radius 2 is 1.89 bits per heavy atom.